The molecule has 0 saturated carbocycles. The highest BCUT2D eigenvalue weighted by Crippen LogP contribution is 2.28. The van der Waals surface area contributed by atoms with Gasteiger partial charge in [0.2, 0.25) is 0 Å². The van der Waals surface area contributed by atoms with E-state index >= 15 is 0 Å². The summed E-state index contributed by atoms with van der Waals surface area (Å²) in [6.07, 6.45) is 1.63. The Bertz CT molecular complexity index is 1050. The van der Waals surface area contributed by atoms with Crippen LogP contribution in [-0.2, 0) is 6.54 Å². The number of allylic oxidation sites excluding steroid dienone is 1. The minimum absolute atomic E-state index is 0.115. The molecule has 3 aromatic rings. The number of hydrogen-bond donors (Lipinski definition) is 0. The molecular weight excluding hydrogens is 371 g/mol. The predicted octanol–water partition coefficient (Wildman–Crippen LogP) is 4.37. The van der Waals surface area contributed by atoms with E-state index in [9.17, 15) is 14.0 Å². The molecule has 2 heterocycles. The molecular formula is C19H17FN2O2S2. The molecule has 0 aliphatic rings. The highest BCUT2D eigenvalue weighted by atomic mass is 32.2. The van der Waals surface area contributed by atoms with Crippen LogP contribution in [0, 0.1) is 19.7 Å². The molecule has 3 rings (SSSR count). The van der Waals surface area contributed by atoms with E-state index in [0.29, 0.717) is 27.5 Å². The summed E-state index contributed by atoms with van der Waals surface area (Å²) in [6, 6.07) is 5.43. The minimum Gasteiger partial charge on any atom is -0.293 e. The van der Waals surface area contributed by atoms with Crippen LogP contribution in [0.3, 0.4) is 0 Å². The largest absolute Gasteiger partial charge is 0.293 e. The van der Waals surface area contributed by atoms with Gasteiger partial charge < -0.3 is 0 Å². The molecule has 0 atom stereocenters. The van der Waals surface area contributed by atoms with Crippen LogP contribution in [0.5, 0.6) is 0 Å². The van der Waals surface area contributed by atoms with Crippen LogP contribution in [-0.4, -0.2) is 21.1 Å². The van der Waals surface area contributed by atoms with E-state index in [-0.39, 0.29) is 22.9 Å². The van der Waals surface area contributed by atoms with Crippen molar-refractivity contribution in [1.82, 2.24) is 9.55 Å². The van der Waals surface area contributed by atoms with Crippen molar-refractivity contribution in [3.05, 3.63) is 69.1 Å². The van der Waals surface area contributed by atoms with Crippen LogP contribution in [0.1, 0.15) is 20.8 Å². The Kier molecular flexibility index (Phi) is 5.38. The number of hydrogen-bond acceptors (Lipinski definition) is 5. The first-order valence-electron chi connectivity index (χ1n) is 7.95. The molecule has 0 N–H and O–H groups in total. The Morgan fingerprint density at radius 1 is 1.35 bits per heavy atom. The number of aryl methyl sites for hydroxylation is 2. The fourth-order valence-electron chi connectivity index (χ4n) is 2.56. The molecule has 0 aliphatic carbocycles. The number of halogens is 1. The summed E-state index contributed by atoms with van der Waals surface area (Å²) >= 11 is 2.68. The zero-order valence-electron chi connectivity index (χ0n) is 14.4. The van der Waals surface area contributed by atoms with Gasteiger partial charge in [-0.3, -0.25) is 14.2 Å². The molecule has 0 unspecified atom stereocenters. The van der Waals surface area contributed by atoms with Crippen molar-refractivity contribution in [3.8, 4) is 0 Å². The standard InChI is InChI=1S/C19H17FN2O2S2/c1-4-9-22-18(24)16-11(2)12(3)26-17(16)21-19(22)25-10-15(23)13-5-7-14(20)8-6-13/h4-8H,1,9-10H2,2-3H3. The van der Waals surface area contributed by atoms with Crippen molar-refractivity contribution in [2.24, 2.45) is 0 Å². The fraction of sp³-hybridized carbons (Fsp3) is 0.211. The third-order valence-electron chi connectivity index (χ3n) is 4.06. The first kappa shape index (κ1) is 18.5. The van der Waals surface area contributed by atoms with Gasteiger partial charge in [-0.05, 0) is 43.7 Å². The maximum Gasteiger partial charge on any atom is 0.263 e. The number of aromatic nitrogens is 2. The van der Waals surface area contributed by atoms with Gasteiger partial charge in [0.25, 0.3) is 5.56 Å². The van der Waals surface area contributed by atoms with Gasteiger partial charge in [0.15, 0.2) is 10.9 Å². The minimum atomic E-state index is -0.385. The average molecular weight is 388 g/mol. The lowest BCUT2D eigenvalue weighted by Crippen LogP contribution is -2.23. The van der Waals surface area contributed by atoms with Crippen molar-refractivity contribution in [2.75, 3.05) is 5.75 Å². The topological polar surface area (TPSA) is 52.0 Å². The molecule has 134 valence electrons. The van der Waals surface area contributed by atoms with E-state index in [4.69, 9.17) is 0 Å². The molecule has 0 spiro atoms. The number of thioether (sulfide) groups is 1. The van der Waals surface area contributed by atoms with E-state index < -0.39 is 0 Å². The number of nitrogens with zero attached hydrogens (tertiary/aromatic N) is 2. The monoisotopic (exact) mass is 388 g/mol. The Balaban J connectivity index is 1.94. The van der Waals surface area contributed by atoms with Crippen molar-refractivity contribution in [3.63, 3.8) is 0 Å². The maximum atomic E-state index is 13.0. The summed E-state index contributed by atoms with van der Waals surface area (Å²) in [6.45, 7) is 7.90. The molecule has 26 heavy (non-hydrogen) atoms. The zero-order valence-corrected chi connectivity index (χ0v) is 16.0. The summed E-state index contributed by atoms with van der Waals surface area (Å²) in [5.41, 5.74) is 1.26. The summed E-state index contributed by atoms with van der Waals surface area (Å²) in [5.74, 6) is -0.415. The molecule has 0 aliphatic heterocycles. The maximum absolute atomic E-state index is 13.0. The Morgan fingerprint density at radius 2 is 2.04 bits per heavy atom. The third-order valence-corrected chi connectivity index (χ3v) is 6.14. The quantitative estimate of drug-likeness (QED) is 0.272. The van der Waals surface area contributed by atoms with Gasteiger partial charge in [0.1, 0.15) is 10.6 Å². The van der Waals surface area contributed by atoms with Gasteiger partial charge in [0.05, 0.1) is 11.1 Å². The first-order chi connectivity index (χ1) is 12.4. The highest BCUT2D eigenvalue weighted by molar-refractivity contribution is 7.99. The number of rotatable bonds is 6. The fourth-order valence-corrected chi connectivity index (χ4v) is 4.53. The predicted molar refractivity (Wildman–Crippen MR) is 105 cm³/mol. The lowest BCUT2D eigenvalue weighted by atomic mass is 10.1. The van der Waals surface area contributed by atoms with Crippen LogP contribution in [0.15, 0.2) is 46.9 Å². The van der Waals surface area contributed by atoms with E-state index in [1.807, 2.05) is 13.8 Å². The summed E-state index contributed by atoms with van der Waals surface area (Å²) in [4.78, 5) is 31.5. The van der Waals surface area contributed by atoms with Crippen molar-refractivity contribution in [1.29, 1.82) is 0 Å². The van der Waals surface area contributed by atoms with Crippen LogP contribution < -0.4 is 5.56 Å². The van der Waals surface area contributed by atoms with E-state index in [1.54, 1.807) is 6.08 Å². The van der Waals surface area contributed by atoms with Gasteiger partial charge in [0, 0.05) is 17.0 Å². The number of carbonyl (C=O) groups excluding carboxylic acids is 1. The van der Waals surface area contributed by atoms with E-state index in [1.165, 1.54) is 51.9 Å². The van der Waals surface area contributed by atoms with Crippen LogP contribution >= 0.6 is 23.1 Å². The van der Waals surface area contributed by atoms with Crippen molar-refractivity contribution >= 4 is 39.1 Å². The third kappa shape index (κ3) is 3.50. The summed E-state index contributed by atoms with van der Waals surface area (Å²) in [5, 5.41) is 1.11. The molecule has 0 amide bonds. The molecule has 4 nitrogen and oxygen atoms in total. The van der Waals surface area contributed by atoms with E-state index in [0.717, 1.165) is 10.4 Å². The van der Waals surface area contributed by atoms with Crippen molar-refractivity contribution in [2.45, 2.75) is 25.5 Å². The second-order valence-corrected chi connectivity index (χ2v) is 7.93. The van der Waals surface area contributed by atoms with Gasteiger partial charge in [-0.15, -0.1) is 17.9 Å². The summed E-state index contributed by atoms with van der Waals surface area (Å²) in [7, 11) is 0. The SMILES string of the molecule is C=CCn1c(SCC(=O)c2ccc(F)cc2)nc2sc(C)c(C)c2c1=O. The number of fused-ring (bicyclic) bond motifs is 1. The second kappa shape index (κ2) is 7.55. The number of carbonyl (C=O) groups is 1. The molecule has 0 saturated heterocycles. The van der Waals surface area contributed by atoms with Gasteiger partial charge >= 0.3 is 0 Å². The Labute approximate surface area is 158 Å². The van der Waals surface area contributed by atoms with E-state index in [2.05, 4.69) is 11.6 Å². The molecule has 0 fully saturated rings. The molecule has 0 radical (unpaired) electrons. The van der Waals surface area contributed by atoms with Crippen LogP contribution in [0.25, 0.3) is 10.2 Å². The van der Waals surface area contributed by atoms with Crippen LogP contribution in [0.2, 0.25) is 0 Å². The molecule has 1 aromatic carbocycles. The summed E-state index contributed by atoms with van der Waals surface area (Å²) < 4.78 is 14.5. The Hall–Kier alpha value is -2.25. The molecule has 2 aromatic heterocycles. The first-order valence-corrected chi connectivity index (χ1v) is 9.75. The lowest BCUT2D eigenvalue weighted by molar-refractivity contribution is 0.102. The second-order valence-electron chi connectivity index (χ2n) is 5.78. The molecule has 7 heteroatoms. The normalized spacial score (nSPS) is 11.0. The highest BCUT2D eigenvalue weighted by Gasteiger charge is 2.17. The lowest BCUT2D eigenvalue weighted by Gasteiger charge is -2.10. The number of thiophene rings is 1. The van der Waals surface area contributed by atoms with Gasteiger partial charge in [-0.25, -0.2) is 9.37 Å². The smallest absolute Gasteiger partial charge is 0.263 e. The number of benzene rings is 1. The average Bonchev–Trinajstić information content (AvgIpc) is 2.90. The zero-order chi connectivity index (χ0) is 18.8. The number of ketones is 1. The van der Waals surface area contributed by atoms with Gasteiger partial charge in [-0.2, -0.15) is 0 Å². The number of Topliss-reactive ketones (excluding diaryl/α,β-unsaturated/α-hetero) is 1. The van der Waals surface area contributed by atoms with Crippen molar-refractivity contribution < 1.29 is 9.18 Å². The van der Waals surface area contributed by atoms with Crippen LogP contribution in [0.4, 0.5) is 4.39 Å². The Morgan fingerprint density at radius 3 is 2.69 bits per heavy atom. The van der Waals surface area contributed by atoms with Gasteiger partial charge in [-0.1, -0.05) is 17.8 Å². The molecule has 0 bridgehead atoms.